The van der Waals surface area contributed by atoms with Gasteiger partial charge < -0.3 is 5.32 Å². The molecule has 0 bridgehead atoms. The summed E-state index contributed by atoms with van der Waals surface area (Å²) in [6.07, 6.45) is 6.20. The van der Waals surface area contributed by atoms with Crippen LogP contribution in [0.25, 0.3) is 0 Å². The van der Waals surface area contributed by atoms with Crippen molar-refractivity contribution in [2.24, 2.45) is 4.99 Å². The van der Waals surface area contributed by atoms with Gasteiger partial charge in [-0.15, -0.1) is 0 Å². The zero-order valence-corrected chi connectivity index (χ0v) is 8.22. The molecule has 0 aliphatic carbocycles. The lowest BCUT2D eigenvalue weighted by molar-refractivity contribution is 0.441. The lowest BCUT2D eigenvalue weighted by Gasteiger charge is -2.21. The average Bonchev–Trinajstić information content (AvgIpc) is 2.02. The molecule has 0 radical (unpaired) electrons. The van der Waals surface area contributed by atoms with Crippen LogP contribution in [0.4, 0.5) is 0 Å². The van der Waals surface area contributed by atoms with Crippen molar-refractivity contribution in [1.82, 2.24) is 5.32 Å². The highest BCUT2D eigenvalue weighted by Crippen LogP contribution is 2.09. The second-order valence-electron chi connectivity index (χ2n) is 4.26. The molecule has 0 aromatic rings. The zero-order chi connectivity index (χ0) is 9.03. The highest BCUT2D eigenvalue weighted by atomic mass is 14.9. The molecule has 2 nitrogen and oxygen atoms in total. The lowest BCUT2D eigenvalue weighted by Crippen LogP contribution is -2.37. The van der Waals surface area contributed by atoms with E-state index in [4.69, 9.17) is 0 Å². The van der Waals surface area contributed by atoms with Crippen molar-refractivity contribution in [2.75, 3.05) is 6.54 Å². The van der Waals surface area contributed by atoms with Gasteiger partial charge in [0, 0.05) is 24.5 Å². The molecule has 2 heteroatoms. The molecule has 1 rings (SSSR count). The van der Waals surface area contributed by atoms with E-state index < -0.39 is 0 Å². The first-order chi connectivity index (χ1) is 5.58. The Bertz CT molecular complexity index is 196. The summed E-state index contributed by atoms with van der Waals surface area (Å²) in [5.74, 6) is 0. The highest BCUT2D eigenvalue weighted by Gasteiger charge is 2.09. The van der Waals surface area contributed by atoms with Crippen molar-refractivity contribution in [3.63, 3.8) is 0 Å². The standard InChI is InChI=1S/C10H18N2/c1-10(2,3)12-8-9-5-4-6-11-7-9/h6-7,12H,4-5,8H2,1-3H3. The van der Waals surface area contributed by atoms with Gasteiger partial charge in [0.1, 0.15) is 0 Å². The molecule has 0 fully saturated rings. The molecule has 12 heavy (non-hydrogen) atoms. The van der Waals surface area contributed by atoms with Gasteiger partial charge in [0.05, 0.1) is 0 Å². The van der Waals surface area contributed by atoms with Crippen molar-refractivity contribution in [1.29, 1.82) is 0 Å². The molecule has 0 aromatic carbocycles. The number of nitrogens with one attached hydrogen (secondary N) is 1. The maximum absolute atomic E-state index is 4.13. The number of aliphatic imine (C=N–C) groups is 1. The van der Waals surface area contributed by atoms with Crippen LogP contribution in [0.5, 0.6) is 0 Å². The fourth-order valence-corrected chi connectivity index (χ4v) is 1.06. The predicted molar refractivity (Wildman–Crippen MR) is 53.6 cm³/mol. The summed E-state index contributed by atoms with van der Waals surface area (Å²) < 4.78 is 0. The number of hydrogen-bond donors (Lipinski definition) is 1. The highest BCUT2D eigenvalue weighted by molar-refractivity contribution is 5.60. The van der Waals surface area contributed by atoms with Crippen LogP contribution in [0.2, 0.25) is 0 Å². The van der Waals surface area contributed by atoms with Crippen LogP contribution >= 0.6 is 0 Å². The number of hydrogen-bond acceptors (Lipinski definition) is 2. The maximum Gasteiger partial charge on any atom is 0.0268 e. The normalized spacial score (nSPS) is 17.8. The van der Waals surface area contributed by atoms with Crippen LogP contribution in [0, 0.1) is 0 Å². The third-order valence-electron chi connectivity index (χ3n) is 1.80. The lowest BCUT2D eigenvalue weighted by atomic mass is 10.1. The van der Waals surface area contributed by atoms with Gasteiger partial charge in [-0.25, -0.2) is 0 Å². The van der Waals surface area contributed by atoms with Gasteiger partial charge in [0.2, 0.25) is 0 Å². The topological polar surface area (TPSA) is 24.4 Å². The number of rotatable bonds is 2. The van der Waals surface area contributed by atoms with Gasteiger partial charge in [-0.05, 0) is 39.2 Å². The Balaban J connectivity index is 2.32. The Morgan fingerprint density at radius 3 is 2.75 bits per heavy atom. The summed E-state index contributed by atoms with van der Waals surface area (Å²) in [5, 5.41) is 3.45. The van der Waals surface area contributed by atoms with Crippen LogP contribution in [-0.2, 0) is 0 Å². The van der Waals surface area contributed by atoms with Crippen molar-refractivity contribution < 1.29 is 0 Å². The summed E-state index contributed by atoms with van der Waals surface area (Å²) in [6, 6.07) is 0. The molecular weight excluding hydrogens is 148 g/mol. The third-order valence-corrected chi connectivity index (χ3v) is 1.80. The first-order valence-electron chi connectivity index (χ1n) is 4.52. The number of nitrogens with zero attached hydrogens (tertiary/aromatic N) is 1. The van der Waals surface area contributed by atoms with Gasteiger partial charge in [0.25, 0.3) is 0 Å². The van der Waals surface area contributed by atoms with E-state index in [-0.39, 0.29) is 5.54 Å². The van der Waals surface area contributed by atoms with Crippen LogP contribution in [0.1, 0.15) is 33.6 Å². The Morgan fingerprint density at radius 1 is 1.50 bits per heavy atom. The molecule has 1 aliphatic heterocycles. The SMILES string of the molecule is CC(C)(C)NCC1=CN=CCC1. The van der Waals surface area contributed by atoms with Gasteiger partial charge in [0.15, 0.2) is 0 Å². The Morgan fingerprint density at radius 2 is 2.25 bits per heavy atom. The smallest absolute Gasteiger partial charge is 0.0268 e. The second-order valence-corrected chi connectivity index (χ2v) is 4.26. The minimum absolute atomic E-state index is 0.210. The van der Waals surface area contributed by atoms with E-state index in [0.29, 0.717) is 0 Å². The minimum Gasteiger partial charge on any atom is -0.308 e. The van der Waals surface area contributed by atoms with E-state index in [1.807, 2.05) is 12.4 Å². The van der Waals surface area contributed by atoms with Crippen LogP contribution in [0.15, 0.2) is 16.8 Å². The van der Waals surface area contributed by atoms with Crippen molar-refractivity contribution >= 4 is 6.21 Å². The van der Waals surface area contributed by atoms with E-state index in [2.05, 4.69) is 31.1 Å². The molecule has 1 aliphatic rings. The molecule has 0 unspecified atom stereocenters. The molecule has 1 N–H and O–H groups in total. The zero-order valence-electron chi connectivity index (χ0n) is 8.22. The monoisotopic (exact) mass is 166 g/mol. The molecule has 0 saturated heterocycles. The third kappa shape index (κ3) is 3.67. The molecule has 0 atom stereocenters. The van der Waals surface area contributed by atoms with Gasteiger partial charge in [-0.3, -0.25) is 4.99 Å². The van der Waals surface area contributed by atoms with Crippen LogP contribution < -0.4 is 5.32 Å². The first-order valence-corrected chi connectivity index (χ1v) is 4.52. The van der Waals surface area contributed by atoms with Gasteiger partial charge in [-0.1, -0.05) is 0 Å². The Hall–Kier alpha value is -0.630. The molecule has 0 aromatic heterocycles. The summed E-state index contributed by atoms with van der Waals surface area (Å²) in [5.41, 5.74) is 1.62. The average molecular weight is 166 g/mol. The summed E-state index contributed by atoms with van der Waals surface area (Å²) >= 11 is 0. The Labute approximate surface area is 74.8 Å². The molecule has 1 heterocycles. The van der Waals surface area contributed by atoms with Gasteiger partial charge >= 0.3 is 0 Å². The first kappa shape index (κ1) is 9.46. The van der Waals surface area contributed by atoms with E-state index in [9.17, 15) is 0 Å². The molecular formula is C10H18N2. The second kappa shape index (κ2) is 3.85. The van der Waals surface area contributed by atoms with Crippen molar-refractivity contribution in [3.8, 4) is 0 Å². The van der Waals surface area contributed by atoms with Crippen molar-refractivity contribution in [3.05, 3.63) is 11.8 Å². The summed E-state index contributed by atoms with van der Waals surface area (Å²) in [6.45, 7) is 7.51. The van der Waals surface area contributed by atoms with Gasteiger partial charge in [-0.2, -0.15) is 0 Å². The Kier molecular flexibility index (Phi) is 3.04. The molecule has 0 saturated carbocycles. The van der Waals surface area contributed by atoms with Crippen molar-refractivity contribution in [2.45, 2.75) is 39.2 Å². The largest absolute Gasteiger partial charge is 0.308 e. The molecule has 0 spiro atoms. The summed E-state index contributed by atoms with van der Waals surface area (Å²) in [7, 11) is 0. The quantitative estimate of drug-likeness (QED) is 0.667. The van der Waals surface area contributed by atoms with Crippen LogP contribution in [0.3, 0.4) is 0 Å². The predicted octanol–water partition coefficient (Wildman–Crippen LogP) is 2.12. The summed E-state index contributed by atoms with van der Waals surface area (Å²) in [4.78, 5) is 4.13. The fourth-order valence-electron chi connectivity index (χ4n) is 1.06. The molecule has 68 valence electrons. The van der Waals surface area contributed by atoms with E-state index in [0.717, 1.165) is 19.4 Å². The molecule has 0 amide bonds. The van der Waals surface area contributed by atoms with E-state index >= 15 is 0 Å². The van der Waals surface area contributed by atoms with E-state index in [1.165, 1.54) is 5.57 Å². The van der Waals surface area contributed by atoms with E-state index in [1.54, 1.807) is 0 Å². The maximum atomic E-state index is 4.13. The minimum atomic E-state index is 0.210. The fraction of sp³-hybridized carbons (Fsp3) is 0.700. The van der Waals surface area contributed by atoms with Crippen LogP contribution in [-0.4, -0.2) is 18.3 Å².